The molecule has 0 bridgehead atoms. The fourth-order valence-corrected chi connectivity index (χ4v) is 6.03. The molecule has 2 aromatic rings. The van der Waals surface area contributed by atoms with E-state index in [1.165, 1.54) is 52.5 Å². The number of aromatic carboxylic acids is 1. The molecule has 0 radical (unpaired) electrons. The lowest BCUT2D eigenvalue weighted by Gasteiger charge is -2.28. The zero-order valence-electron chi connectivity index (χ0n) is 18.9. The number of anilines is 1. The topological polar surface area (TPSA) is 115 Å². The molecule has 1 heterocycles. The first kappa shape index (κ1) is 25.7. The van der Waals surface area contributed by atoms with Crippen molar-refractivity contribution in [3.63, 3.8) is 0 Å². The summed E-state index contributed by atoms with van der Waals surface area (Å²) in [5, 5.41) is 8.72. The van der Waals surface area contributed by atoms with Crippen molar-refractivity contribution in [1.29, 1.82) is 0 Å². The van der Waals surface area contributed by atoms with Gasteiger partial charge in [-0.2, -0.15) is 16.9 Å². The number of carbonyl (C=O) groups is 3. The summed E-state index contributed by atoms with van der Waals surface area (Å²) in [7, 11) is -0.805. The Kier molecular flexibility index (Phi) is 8.01. The first-order chi connectivity index (χ1) is 16.0. The first-order valence-electron chi connectivity index (χ1n) is 10.6. The van der Waals surface area contributed by atoms with Crippen LogP contribution in [0.1, 0.15) is 22.3 Å². The molecule has 0 aromatic heterocycles. The van der Waals surface area contributed by atoms with E-state index in [2.05, 4.69) is 12.6 Å². The quantitative estimate of drug-likeness (QED) is 0.528. The third-order valence-corrected chi connectivity index (χ3v) is 7.88. The Morgan fingerprint density at radius 1 is 1.06 bits per heavy atom. The minimum absolute atomic E-state index is 0.0937. The molecule has 2 amide bonds. The van der Waals surface area contributed by atoms with Crippen LogP contribution in [-0.4, -0.2) is 79.0 Å². The van der Waals surface area contributed by atoms with Gasteiger partial charge >= 0.3 is 5.97 Å². The predicted octanol–water partition coefficient (Wildman–Crippen LogP) is 1.71. The van der Waals surface area contributed by atoms with E-state index in [1.807, 2.05) is 0 Å². The number of amides is 2. The zero-order valence-corrected chi connectivity index (χ0v) is 20.6. The summed E-state index contributed by atoms with van der Waals surface area (Å²) in [4.78, 5) is 39.4. The summed E-state index contributed by atoms with van der Waals surface area (Å²) in [6.45, 7) is -0.150. The third kappa shape index (κ3) is 5.96. The minimum atomic E-state index is -3.78. The molecule has 11 heteroatoms. The maximum atomic E-state index is 13.2. The van der Waals surface area contributed by atoms with Crippen LogP contribution in [0.3, 0.4) is 0 Å². The molecule has 0 spiro atoms. The summed E-state index contributed by atoms with van der Waals surface area (Å²) < 4.78 is 27.4. The number of carbonyl (C=O) groups excluding carboxylic acids is 2. The largest absolute Gasteiger partial charge is 0.478 e. The number of carboxylic acid groups (broad SMARTS) is 1. The van der Waals surface area contributed by atoms with E-state index in [0.29, 0.717) is 11.3 Å². The Morgan fingerprint density at radius 2 is 1.68 bits per heavy atom. The number of rotatable bonds is 8. The molecule has 1 saturated heterocycles. The molecule has 9 nitrogen and oxygen atoms in total. The van der Waals surface area contributed by atoms with Crippen molar-refractivity contribution in [2.24, 2.45) is 0 Å². The first-order valence-corrected chi connectivity index (χ1v) is 12.7. The maximum Gasteiger partial charge on any atom is 0.335 e. The number of sulfonamides is 1. The normalized spacial score (nSPS) is 18.4. The van der Waals surface area contributed by atoms with Crippen molar-refractivity contribution in [3.05, 3.63) is 65.7 Å². The number of benzene rings is 2. The highest BCUT2D eigenvalue weighted by Gasteiger charge is 2.43. The molecule has 3 rings (SSSR count). The van der Waals surface area contributed by atoms with Gasteiger partial charge in [0.05, 0.1) is 17.9 Å². The van der Waals surface area contributed by atoms with E-state index in [4.69, 9.17) is 5.11 Å². The van der Waals surface area contributed by atoms with Crippen molar-refractivity contribution in [2.75, 3.05) is 32.1 Å². The Labute approximate surface area is 204 Å². The van der Waals surface area contributed by atoms with E-state index in [-0.39, 0.29) is 36.1 Å². The molecule has 0 saturated carbocycles. The number of hydrogen-bond donors (Lipinski definition) is 2. The van der Waals surface area contributed by atoms with E-state index >= 15 is 0 Å². The number of thiol groups is 1. The summed E-state index contributed by atoms with van der Waals surface area (Å²) in [6, 6.07) is 13.6. The Morgan fingerprint density at radius 3 is 2.26 bits per heavy atom. The lowest BCUT2D eigenvalue weighted by Crippen LogP contribution is -2.49. The van der Waals surface area contributed by atoms with Crippen LogP contribution in [0.25, 0.3) is 0 Å². The van der Waals surface area contributed by atoms with Crippen molar-refractivity contribution >= 4 is 46.1 Å². The molecule has 1 fully saturated rings. The highest BCUT2D eigenvalue weighted by molar-refractivity contribution is 7.88. The number of carboxylic acids is 1. The van der Waals surface area contributed by atoms with Gasteiger partial charge < -0.3 is 14.9 Å². The van der Waals surface area contributed by atoms with Crippen molar-refractivity contribution < 1.29 is 27.9 Å². The molecule has 2 unspecified atom stereocenters. The average Bonchev–Trinajstić information content (AvgIpc) is 3.21. The number of nitrogens with zero attached hydrogens (tertiary/aromatic N) is 3. The van der Waals surface area contributed by atoms with Gasteiger partial charge in [-0.15, -0.1) is 0 Å². The molecule has 1 N–H and O–H groups in total. The summed E-state index contributed by atoms with van der Waals surface area (Å²) in [6.07, 6.45) is 0.251. The van der Waals surface area contributed by atoms with Crippen LogP contribution in [0.15, 0.2) is 54.6 Å². The van der Waals surface area contributed by atoms with E-state index in [1.54, 1.807) is 30.3 Å². The van der Waals surface area contributed by atoms with Gasteiger partial charge in [-0.3, -0.25) is 9.59 Å². The Balaban J connectivity index is 1.69. The van der Waals surface area contributed by atoms with Crippen LogP contribution in [0.5, 0.6) is 0 Å². The van der Waals surface area contributed by atoms with Gasteiger partial charge in [0.2, 0.25) is 21.8 Å². The SMILES string of the molecule is CN(CC(=O)N(C)c1ccc(C(=O)O)cc1)C(=O)C1CC(S)CN1S(=O)(=O)Cc1ccccc1. The standard InChI is InChI=1S/C23H27N3O6S2/c1-24(14-21(27)25(2)18-10-8-17(9-11-18)23(29)30)22(28)20-12-19(33)13-26(20)34(31,32)15-16-6-4-3-5-7-16/h3-11,19-20,33H,12-15H2,1-2H3,(H,29,30). The summed E-state index contributed by atoms with van der Waals surface area (Å²) in [5.74, 6) is -2.18. The second kappa shape index (κ2) is 10.6. The fraction of sp³-hybridized carbons (Fsp3) is 0.348. The van der Waals surface area contributed by atoms with Crippen LogP contribution in [0.4, 0.5) is 5.69 Å². The lowest BCUT2D eigenvalue weighted by molar-refractivity contribution is -0.136. The van der Waals surface area contributed by atoms with Crippen LogP contribution in [0, 0.1) is 0 Å². The second-order valence-corrected chi connectivity index (χ2v) is 10.9. The molecule has 182 valence electrons. The van der Waals surface area contributed by atoms with E-state index in [0.717, 1.165) is 0 Å². The molecule has 0 aliphatic carbocycles. The highest BCUT2D eigenvalue weighted by atomic mass is 32.2. The lowest BCUT2D eigenvalue weighted by atomic mass is 10.2. The maximum absolute atomic E-state index is 13.2. The van der Waals surface area contributed by atoms with Gasteiger partial charge in [-0.1, -0.05) is 30.3 Å². The highest BCUT2D eigenvalue weighted by Crippen LogP contribution is 2.28. The summed E-state index contributed by atoms with van der Waals surface area (Å²) >= 11 is 4.41. The average molecular weight is 506 g/mol. The van der Waals surface area contributed by atoms with Crippen molar-refractivity contribution in [2.45, 2.75) is 23.5 Å². The van der Waals surface area contributed by atoms with Gasteiger partial charge in [0.15, 0.2) is 0 Å². The minimum Gasteiger partial charge on any atom is -0.478 e. The van der Waals surface area contributed by atoms with Crippen LogP contribution in [0.2, 0.25) is 0 Å². The fourth-order valence-electron chi connectivity index (χ4n) is 3.80. The zero-order chi connectivity index (χ0) is 25.0. The van der Waals surface area contributed by atoms with Crippen LogP contribution >= 0.6 is 12.6 Å². The molecular weight excluding hydrogens is 478 g/mol. The molecule has 34 heavy (non-hydrogen) atoms. The van der Waals surface area contributed by atoms with Gasteiger partial charge in [0.25, 0.3) is 0 Å². The summed E-state index contributed by atoms with van der Waals surface area (Å²) in [5.41, 5.74) is 1.19. The van der Waals surface area contributed by atoms with Gasteiger partial charge in [0, 0.05) is 31.6 Å². The molecule has 2 atom stereocenters. The van der Waals surface area contributed by atoms with Crippen LogP contribution < -0.4 is 4.90 Å². The Bertz CT molecular complexity index is 1150. The smallest absolute Gasteiger partial charge is 0.335 e. The van der Waals surface area contributed by atoms with E-state index < -0.39 is 33.8 Å². The van der Waals surface area contributed by atoms with Gasteiger partial charge in [0.1, 0.15) is 6.04 Å². The van der Waals surface area contributed by atoms with Crippen molar-refractivity contribution in [1.82, 2.24) is 9.21 Å². The number of hydrogen-bond acceptors (Lipinski definition) is 6. The molecule has 1 aliphatic heterocycles. The third-order valence-electron chi connectivity index (χ3n) is 5.69. The van der Waals surface area contributed by atoms with Gasteiger partial charge in [-0.25, -0.2) is 13.2 Å². The van der Waals surface area contributed by atoms with Crippen molar-refractivity contribution in [3.8, 4) is 0 Å². The number of likely N-dealkylation sites (N-methyl/N-ethyl adjacent to an activating group) is 2. The van der Waals surface area contributed by atoms with Gasteiger partial charge in [-0.05, 0) is 36.2 Å². The molecule has 2 aromatic carbocycles. The van der Waals surface area contributed by atoms with E-state index in [9.17, 15) is 22.8 Å². The Hall–Kier alpha value is -2.89. The molecule has 1 aliphatic rings. The second-order valence-electron chi connectivity index (χ2n) is 8.22. The van der Waals surface area contributed by atoms with Crippen LogP contribution in [-0.2, 0) is 25.4 Å². The predicted molar refractivity (Wildman–Crippen MR) is 131 cm³/mol. The molecular formula is C23H27N3O6S2. The monoisotopic (exact) mass is 505 g/mol.